The SMILES string of the molecule is NC(=O)OC[C@@H]1CO[C@H](COc2c(F)cc(F)cc2N[C@H](C(N)=O)C(c2ccc(F)cc2)c2ccc(F)cc2)CN1. The first-order chi connectivity index (χ1) is 19.6. The fourth-order valence-electron chi connectivity index (χ4n) is 4.46. The molecule has 3 aromatic rings. The van der Waals surface area contributed by atoms with E-state index in [-0.39, 0.29) is 38.1 Å². The number of amides is 2. The average molecular weight is 577 g/mol. The summed E-state index contributed by atoms with van der Waals surface area (Å²) in [6.07, 6.45) is -1.46. The van der Waals surface area contributed by atoms with Gasteiger partial charge in [-0.25, -0.2) is 22.4 Å². The van der Waals surface area contributed by atoms with Crippen molar-refractivity contribution in [3.05, 3.63) is 95.1 Å². The molecule has 3 atom stereocenters. The number of carbonyl (C=O) groups excluding carboxylic acids is 2. The number of primary amides is 2. The molecular formula is C28H28F4N4O5. The summed E-state index contributed by atoms with van der Waals surface area (Å²) in [7, 11) is 0. The molecule has 0 radical (unpaired) electrons. The van der Waals surface area contributed by atoms with Crippen LogP contribution in [0.4, 0.5) is 28.0 Å². The molecule has 3 aromatic carbocycles. The lowest BCUT2D eigenvalue weighted by Gasteiger charge is -2.31. The van der Waals surface area contributed by atoms with Crippen LogP contribution in [0.25, 0.3) is 0 Å². The molecule has 0 saturated carbocycles. The van der Waals surface area contributed by atoms with Crippen LogP contribution in [0, 0.1) is 23.3 Å². The summed E-state index contributed by atoms with van der Waals surface area (Å²) in [4.78, 5) is 23.5. The van der Waals surface area contributed by atoms with Crippen molar-refractivity contribution in [2.75, 3.05) is 31.7 Å². The quantitative estimate of drug-likeness (QED) is 0.257. The van der Waals surface area contributed by atoms with Gasteiger partial charge in [-0.2, -0.15) is 0 Å². The van der Waals surface area contributed by atoms with E-state index in [9.17, 15) is 27.2 Å². The summed E-state index contributed by atoms with van der Waals surface area (Å²) in [6, 6.07) is 10.4. The lowest BCUT2D eigenvalue weighted by Crippen LogP contribution is -2.50. The van der Waals surface area contributed by atoms with Crippen LogP contribution in [0.3, 0.4) is 0 Å². The molecule has 41 heavy (non-hydrogen) atoms. The third kappa shape index (κ3) is 7.86. The first-order valence-electron chi connectivity index (χ1n) is 12.6. The fourth-order valence-corrected chi connectivity index (χ4v) is 4.46. The van der Waals surface area contributed by atoms with Crippen LogP contribution < -0.4 is 26.8 Å². The normalized spacial score (nSPS) is 17.6. The van der Waals surface area contributed by atoms with Crippen molar-refractivity contribution >= 4 is 17.7 Å². The van der Waals surface area contributed by atoms with Crippen LogP contribution in [0.2, 0.25) is 0 Å². The Labute approximate surface area is 232 Å². The molecule has 1 aliphatic rings. The highest BCUT2D eigenvalue weighted by atomic mass is 19.1. The van der Waals surface area contributed by atoms with Crippen LogP contribution in [0.15, 0.2) is 60.7 Å². The predicted octanol–water partition coefficient (Wildman–Crippen LogP) is 3.17. The minimum Gasteiger partial charge on any atom is -0.486 e. The molecule has 1 heterocycles. The Balaban J connectivity index is 1.57. The summed E-state index contributed by atoms with van der Waals surface area (Å²) in [5, 5.41) is 5.88. The standard InChI is InChI=1S/C28H28F4N4O5/c29-17-5-1-15(2-6-17)24(16-3-7-18(30)8-4-16)25(27(33)37)36-23-10-19(31)9-22(32)26(23)40-14-21-11-35-20(12-39-21)13-41-28(34)38/h1-10,20-21,24-25,35-36H,11-14H2,(H2,33,37)(H2,34,38)/t20-,21-,25-/m0/s1. The topological polar surface area (TPSA) is 138 Å². The Morgan fingerprint density at radius 2 is 1.54 bits per heavy atom. The number of nitrogens with one attached hydrogen (secondary N) is 2. The highest BCUT2D eigenvalue weighted by molar-refractivity contribution is 5.85. The molecule has 1 aliphatic heterocycles. The van der Waals surface area contributed by atoms with Crippen molar-refractivity contribution < 1.29 is 41.4 Å². The van der Waals surface area contributed by atoms with Crippen molar-refractivity contribution in [1.82, 2.24) is 5.32 Å². The minimum absolute atomic E-state index is 0.00134. The zero-order chi connectivity index (χ0) is 29.5. The van der Waals surface area contributed by atoms with Gasteiger partial charge in [0.15, 0.2) is 11.6 Å². The largest absolute Gasteiger partial charge is 0.486 e. The summed E-state index contributed by atoms with van der Waals surface area (Å²) >= 11 is 0. The Bertz CT molecular complexity index is 1310. The number of morpholine rings is 1. The van der Waals surface area contributed by atoms with Gasteiger partial charge >= 0.3 is 6.09 Å². The number of nitrogens with two attached hydrogens (primary N) is 2. The summed E-state index contributed by atoms with van der Waals surface area (Å²) < 4.78 is 72.8. The van der Waals surface area contributed by atoms with E-state index < -0.39 is 59.1 Å². The van der Waals surface area contributed by atoms with Crippen molar-refractivity contribution in [2.24, 2.45) is 11.5 Å². The second-order valence-electron chi connectivity index (χ2n) is 9.37. The second-order valence-corrected chi connectivity index (χ2v) is 9.37. The molecular weight excluding hydrogens is 548 g/mol. The summed E-state index contributed by atoms with van der Waals surface area (Å²) in [6.45, 7) is 0.258. The highest BCUT2D eigenvalue weighted by Gasteiger charge is 2.32. The van der Waals surface area contributed by atoms with Gasteiger partial charge in [-0.1, -0.05) is 24.3 Å². The van der Waals surface area contributed by atoms with Gasteiger partial charge < -0.3 is 36.3 Å². The smallest absolute Gasteiger partial charge is 0.404 e. The molecule has 6 N–H and O–H groups in total. The molecule has 0 unspecified atom stereocenters. The third-order valence-corrected chi connectivity index (χ3v) is 6.43. The molecule has 2 amide bonds. The molecule has 4 rings (SSSR count). The number of anilines is 1. The van der Waals surface area contributed by atoms with Gasteiger partial charge in [0.1, 0.15) is 42.8 Å². The molecule has 1 fully saturated rings. The van der Waals surface area contributed by atoms with Crippen LogP contribution in [-0.2, 0) is 14.3 Å². The van der Waals surface area contributed by atoms with Gasteiger partial charge in [0.25, 0.3) is 0 Å². The van der Waals surface area contributed by atoms with E-state index in [4.69, 9.17) is 25.7 Å². The van der Waals surface area contributed by atoms with Crippen LogP contribution in [-0.4, -0.2) is 56.6 Å². The van der Waals surface area contributed by atoms with Crippen molar-refractivity contribution in [2.45, 2.75) is 24.1 Å². The number of ether oxygens (including phenoxy) is 3. The Hall–Kier alpha value is -4.36. The predicted molar refractivity (Wildman–Crippen MR) is 140 cm³/mol. The number of hydrogen-bond acceptors (Lipinski definition) is 7. The zero-order valence-electron chi connectivity index (χ0n) is 21.6. The van der Waals surface area contributed by atoms with Crippen molar-refractivity contribution in [3.63, 3.8) is 0 Å². The second kappa shape index (κ2) is 13.3. The maximum Gasteiger partial charge on any atom is 0.404 e. The molecule has 0 aliphatic carbocycles. The van der Waals surface area contributed by atoms with Gasteiger partial charge in [0.2, 0.25) is 5.91 Å². The maximum atomic E-state index is 15.0. The van der Waals surface area contributed by atoms with E-state index in [1.807, 2.05) is 0 Å². The minimum atomic E-state index is -1.33. The average Bonchev–Trinajstić information content (AvgIpc) is 2.93. The van der Waals surface area contributed by atoms with E-state index in [2.05, 4.69) is 10.6 Å². The molecule has 0 spiro atoms. The maximum absolute atomic E-state index is 15.0. The molecule has 9 nitrogen and oxygen atoms in total. The molecule has 0 bridgehead atoms. The zero-order valence-corrected chi connectivity index (χ0v) is 21.6. The first-order valence-corrected chi connectivity index (χ1v) is 12.6. The van der Waals surface area contributed by atoms with E-state index in [1.54, 1.807) is 0 Å². The molecule has 1 saturated heterocycles. The van der Waals surface area contributed by atoms with E-state index in [0.29, 0.717) is 17.2 Å². The Morgan fingerprint density at radius 1 is 0.927 bits per heavy atom. The number of hydrogen-bond donors (Lipinski definition) is 4. The number of halogens is 4. The number of carbonyl (C=O) groups is 2. The van der Waals surface area contributed by atoms with E-state index in [1.165, 1.54) is 48.5 Å². The lowest BCUT2D eigenvalue weighted by molar-refractivity contribution is -0.119. The third-order valence-electron chi connectivity index (χ3n) is 6.43. The Morgan fingerprint density at radius 3 is 2.05 bits per heavy atom. The monoisotopic (exact) mass is 576 g/mol. The van der Waals surface area contributed by atoms with Crippen molar-refractivity contribution in [3.8, 4) is 5.75 Å². The van der Waals surface area contributed by atoms with Crippen LogP contribution in [0.1, 0.15) is 17.0 Å². The van der Waals surface area contributed by atoms with Gasteiger partial charge in [-0.3, -0.25) is 4.79 Å². The van der Waals surface area contributed by atoms with Gasteiger partial charge in [0, 0.05) is 24.6 Å². The Kier molecular flexibility index (Phi) is 9.63. The van der Waals surface area contributed by atoms with Crippen molar-refractivity contribution in [1.29, 1.82) is 0 Å². The summed E-state index contributed by atoms with van der Waals surface area (Å²) in [5.74, 6) is -5.24. The summed E-state index contributed by atoms with van der Waals surface area (Å²) in [5.41, 5.74) is 11.4. The van der Waals surface area contributed by atoms with Gasteiger partial charge in [0.05, 0.1) is 18.3 Å². The number of rotatable bonds is 11. The fraction of sp³-hybridized carbons (Fsp3) is 0.286. The van der Waals surface area contributed by atoms with E-state index >= 15 is 0 Å². The molecule has 218 valence electrons. The van der Waals surface area contributed by atoms with Gasteiger partial charge in [-0.15, -0.1) is 0 Å². The first kappa shape index (κ1) is 29.6. The molecule has 13 heteroatoms. The van der Waals surface area contributed by atoms with Crippen LogP contribution in [0.5, 0.6) is 5.75 Å². The lowest BCUT2D eigenvalue weighted by atomic mass is 9.84. The van der Waals surface area contributed by atoms with Crippen LogP contribution >= 0.6 is 0 Å². The van der Waals surface area contributed by atoms with Gasteiger partial charge in [-0.05, 0) is 35.4 Å². The highest BCUT2D eigenvalue weighted by Crippen LogP contribution is 2.35. The number of benzene rings is 3. The van der Waals surface area contributed by atoms with E-state index in [0.717, 1.165) is 6.07 Å². The molecule has 0 aromatic heterocycles.